The van der Waals surface area contributed by atoms with Gasteiger partial charge in [-0.25, -0.2) is 0 Å². The van der Waals surface area contributed by atoms with Crippen molar-refractivity contribution in [2.45, 2.75) is 83.1 Å². The fourth-order valence-corrected chi connectivity index (χ4v) is 4.14. The minimum absolute atomic E-state index is 0.111. The zero-order valence-electron chi connectivity index (χ0n) is 13.6. The molecule has 0 aromatic carbocycles. The second kappa shape index (κ2) is 5.71. The monoisotopic (exact) mass is 291 g/mol. The summed E-state index contributed by atoms with van der Waals surface area (Å²) < 4.78 is 5.61. The highest BCUT2D eigenvalue weighted by atomic mass is 16.5. The van der Waals surface area contributed by atoms with Crippen LogP contribution in [0.3, 0.4) is 0 Å². The molecule has 0 spiro atoms. The van der Waals surface area contributed by atoms with Crippen LogP contribution in [0.25, 0.3) is 0 Å². The number of nitrogens with two attached hydrogens (primary N) is 1. The van der Waals surface area contributed by atoms with Gasteiger partial charge in [-0.15, -0.1) is 0 Å². The summed E-state index contributed by atoms with van der Waals surface area (Å²) in [6.45, 7) is 6.84. The largest absolute Gasteiger partial charge is 0.339 e. The van der Waals surface area contributed by atoms with Gasteiger partial charge < -0.3 is 10.3 Å². The van der Waals surface area contributed by atoms with E-state index in [0.29, 0.717) is 5.92 Å². The van der Waals surface area contributed by atoms with Crippen LogP contribution in [0.4, 0.5) is 0 Å². The van der Waals surface area contributed by atoms with Crippen LogP contribution in [0.2, 0.25) is 0 Å². The van der Waals surface area contributed by atoms with Crippen LogP contribution in [0.5, 0.6) is 0 Å². The Morgan fingerprint density at radius 3 is 2.48 bits per heavy atom. The lowest BCUT2D eigenvalue weighted by Gasteiger charge is -2.29. The molecule has 1 aromatic heterocycles. The summed E-state index contributed by atoms with van der Waals surface area (Å²) in [5.74, 6) is 3.84. The molecule has 2 aliphatic rings. The third-order valence-electron chi connectivity index (χ3n) is 6.04. The van der Waals surface area contributed by atoms with Crippen molar-refractivity contribution in [3.8, 4) is 0 Å². The van der Waals surface area contributed by atoms with Crippen molar-refractivity contribution in [1.82, 2.24) is 10.1 Å². The number of nitrogens with zero attached hydrogens (tertiary/aromatic N) is 2. The van der Waals surface area contributed by atoms with E-state index in [1.165, 1.54) is 25.7 Å². The Morgan fingerprint density at radius 1 is 1.19 bits per heavy atom. The zero-order valence-corrected chi connectivity index (χ0v) is 13.6. The molecule has 0 bridgehead atoms. The van der Waals surface area contributed by atoms with Gasteiger partial charge >= 0.3 is 0 Å². The second-order valence-electron chi connectivity index (χ2n) is 7.73. The molecular weight excluding hydrogens is 262 g/mol. The summed E-state index contributed by atoms with van der Waals surface area (Å²) in [5, 5.41) is 4.29. The number of hydrogen-bond acceptors (Lipinski definition) is 4. The van der Waals surface area contributed by atoms with Crippen LogP contribution in [0, 0.1) is 11.8 Å². The Labute approximate surface area is 127 Å². The highest BCUT2D eigenvalue weighted by Gasteiger charge is 2.43. The molecule has 2 fully saturated rings. The van der Waals surface area contributed by atoms with E-state index in [1.807, 2.05) is 0 Å². The molecule has 4 heteroatoms. The molecule has 1 aromatic rings. The Balaban J connectivity index is 1.69. The quantitative estimate of drug-likeness (QED) is 0.920. The Kier molecular flexibility index (Phi) is 4.08. The first-order valence-electron chi connectivity index (χ1n) is 8.60. The van der Waals surface area contributed by atoms with Gasteiger partial charge in [0.05, 0.1) is 5.41 Å². The molecule has 0 amide bonds. The minimum Gasteiger partial charge on any atom is -0.339 e. The summed E-state index contributed by atoms with van der Waals surface area (Å²) >= 11 is 0. The molecule has 2 atom stereocenters. The Morgan fingerprint density at radius 2 is 1.90 bits per heavy atom. The fourth-order valence-electron chi connectivity index (χ4n) is 4.14. The van der Waals surface area contributed by atoms with Gasteiger partial charge in [0.2, 0.25) is 5.89 Å². The van der Waals surface area contributed by atoms with E-state index < -0.39 is 0 Å². The fraction of sp³-hybridized carbons (Fsp3) is 0.882. The summed E-state index contributed by atoms with van der Waals surface area (Å²) in [5.41, 5.74) is 6.15. The predicted octanol–water partition coefficient (Wildman–Crippen LogP) is 3.77. The van der Waals surface area contributed by atoms with Crippen molar-refractivity contribution in [2.24, 2.45) is 17.6 Å². The molecule has 4 nitrogen and oxygen atoms in total. The average molecular weight is 291 g/mol. The molecule has 2 saturated carbocycles. The van der Waals surface area contributed by atoms with Crippen molar-refractivity contribution in [2.75, 3.05) is 0 Å². The van der Waals surface area contributed by atoms with Gasteiger partial charge in [-0.2, -0.15) is 4.98 Å². The molecular formula is C17H29N3O. The summed E-state index contributed by atoms with van der Waals surface area (Å²) in [6, 6.07) is 0.155. The standard InChI is InChI=1S/C17H29N3O/c1-11(2)12-6-8-13(9-7-12)15-19-16(21-20-15)17(3)10-4-5-14(17)18/h11-14H,4-10,18H2,1-3H3. The summed E-state index contributed by atoms with van der Waals surface area (Å²) in [4.78, 5) is 4.75. The Bertz CT molecular complexity index is 476. The lowest BCUT2D eigenvalue weighted by molar-refractivity contribution is 0.249. The van der Waals surface area contributed by atoms with Gasteiger partial charge in [0, 0.05) is 12.0 Å². The third kappa shape index (κ3) is 2.75. The predicted molar refractivity (Wildman–Crippen MR) is 83.0 cm³/mol. The number of rotatable bonds is 3. The van der Waals surface area contributed by atoms with Crippen LogP contribution in [-0.4, -0.2) is 16.2 Å². The third-order valence-corrected chi connectivity index (χ3v) is 6.04. The number of hydrogen-bond donors (Lipinski definition) is 1. The van der Waals surface area contributed by atoms with Crippen LogP contribution in [0.15, 0.2) is 4.52 Å². The van der Waals surface area contributed by atoms with Gasteiger partial charge in [-0.3, -0.25) is 0 Å². The first kappa shape index (κ1) is 15.0. The van der Waals surface area contributed by atoms with E-state index in [2.05, 4.69) is 25.9 Å². The molecule has 2 N–H and O–H groups in total. The van der Waals surface area contributed by atoms with E-state index in [0.717, 1.165) is 42.8 Å². The lowest BCUT2D eigenvalue weighted by Crippen LogP contribution is -2.38. The van der Waals surface area contributed by atoms with Crippen molar-refractivity contribution in [3.63, 3.8) is 0 Å². The van der Waals surface area contributed by atoms with Crippen molar-refractivity contribution < 1.29 is 4.52 Å². The minimum atomic E-state index is -0.111. The maximum atomic E-state index is 6.26. The van der Waals surface area contributed by atoms with Gasteiger partial charge in [0.25, 0.3) is 0 Å². The van der Waals surface area contributed by atoms with Crippen molar-refractivity contribution in [3.05, 3.63) is 11.7 Å². The molecule has 0 radical (unpaired) electrons. The van der Waals surface area contributed by atoms with Gasteiger partial charge in [-0.1, -0.05) is 25.4 Å². The molecule has 3 rings (SSSR count). The van der Waals surface area contributed by atoms with Gasteiger partial charge in [-0.05, 0) is 57.3 Å². The second-order valence-corrected chi connectivity index (χ2v) is 7.73. The van der Waals surface area contributed by atoms with Crippen molar-refractivity contribution in [1.29, 1.82) is 0 Å². The topological polar surface area (TPSA) is 64.9 Å². The molecule has 21 heavy (non-hydrogen) atoms. The van der Waals surface area contributed by atoms with Crippen LogP contribution in [-0.2, 0) is 5.41 Å². The highest BCUT2D eigenvalue weighted by Crippen LogP contribution is 2.41. The van der Waals surface area contributed by atoms with Gasteiger partial charge in [0.15, 0.2) is 5.82 Å². The smallest absolute Gasteiger partial charge is 0.234 e. The van der Waals surface area contributed by atoms with E-state index >= 15 is 0 Å². The van der Waals surface area contributed by atoms with Gasteiger partial charge in [0.1, 0.15) is 0 Å². The maximum Gasteiger partial charge on any atom is 0.234 e. The van der Waals surface area contributed by atoms with E-state index in [4.69, 9.17) is 15.2 Å². The number of aromatic nitrogens is 2. The molecule has 2 aliphatic carbocycles. The van der Waals surface area contributed by atoms with Crippen LogP contribution >= 0.6 is 0 Å². The van der Waals surface area contributed by atoms with Crippen molar-refractivity contribution >= 4 is 0 Å². The summed E-state index contributed by atoms with van der Waals surface area (Å²) in [6.07, 6.45) is 8.28. The first-order chi connectivity index (χ1) is 10.0. The average Bonchev–Trinajstić information content (AvgIpc) is 3.08. The van der Waals surface area contributed by atoms with E-state index in [1.54, 1.807) is 0 Å². The maximum absolute atomic E-state index is 6.26. The van der Waals surface area contributed by atoms with Crippen LogP contribution in [0.1, 0.15) is 83.3 Å². The highest BCUT2D eigenvalue weighted by molar-refractivity contribution is 5.13. The Hall–Kier alpha value is -0.900. The normalized spacial score (nSPS) is 37.3. The lowest BCUT2D eigenvalue weighted by atomic mass is 9.77. The molecule has 118 valence electrons. The molecule has 0 aliphatic heterocycles. The molecule has 0 saturated heterocycles. The van der Waals surface area contributed by atoms with Crippen LogP contribution < -0.4 is 5.73 Å². The van der Waals surface area contributed by atoms with E-state index in [-0.39, 0.29) is 11.5 Å². The first-order valence-corrected chi connectivity index (χ1v) is 8.60. The molecule has 1 heterocycles. The molecule has 2 unspecified atom stereocenters. The SMILES string of the molecule is CC(C)C1CCC(c2noc(C3(C)CCCC3N)n2)CC1. The van der Waals surface area contributed by atoms with E-state index in [9.17, 15) is 0 Å². The zero-order chi connectivity index (χ0) is 15.0. The summed E-state index contributed by atoms with van der Waals surface area (Å²) in [7, 11) is 0.